The number of benzene rings is 2. The van der Waals surface area contributed by atoms with Gasteiger partial charge in [0.15, 0.2) is 0 Å². The molecule has 7 heteroatoms. The molecule has 144 valence electrons. The van der Waals surface area contributed by atoms with Crippen molar-refractivity contribution in [1.29, 1.82) is 0 Å². The van der Waals surface area contributed by atoms with Gasteiger partial charge in [0.05, 0.1) is 16.6 Å². The van der Waals surface area contributed by atoms with E-state index in [9.17, 15) is 9.90 Å². The van der Waals surface area contributed by atoms with Crippen LogP contribution < -0.4 is 5.56 Å². The molecule has 1 aromatic heterocycles. The van der Waals surface area contributed by atoms with Gasteiger partial charge in [-0.15, -0.1) is 0 Å². The van der Waals surface area contributed by atoms with Gasteiger partial charge in [-0.05, 0) is 55.3 Å². The van der Waals surface area contributed by atoms with Crippen LogP contribution >= 0.6 is 28.6 Å². The third kappa shape index (κ3) is 4.01. The van der Waals surface area contributed by atoms with E-state index >= 15 is 0 Å². The fourth-order valence-electron chi connectivity index (χ4n) is 3.49. The lowest BCUT2D eigenvalue weighted by Gasteiger charge is -2.20. The molecule has 28 heavy (non-hydrogen) atoms. The quantitative estimate of drug-likeness (QED) is 0.396. The van der Waals surface area contributed by atoms with Gasteiger partial charge in [0.25, 0.3) is 5.56 Å². The average Bonchev–Trinajstić information content (AvgIpc) is 3.07. The van der Waals surface area contributed by atoms with Crippen molar-refractivity contribution in [2.45, 2.75) is 24.8 Å². The molecule has 0 aliphatic carbocycles. The smallest absolute Gasteiger partial charge is 0.258 e. The Bertz CT molecular complexity index is 1100. The lowest BCUT2D eigenvalue weighted by molar-refractivity contribution is 0.310. The number of hydrogen-bond donors (Lipinski definition) is 3. The Morgan fingerprint density at radius 2 is 2.04 bits per heavy atom. The van der Waals surface area contributed by atoms with Gasteiger partial charge < -0.3 is 5.11 Å². The predicted molar refractivity (Wildman–Crippen MR) is 120 cm³/mol. The molecule has 1 atom stereocenters. The van der Waals surface area contributed by atoms with Crippen molar-refractivity contribution >= 4 is 51.2 Å². The van der Waals surface area contributed by atoms with Crippen LogP contribution in [0.3, 0.4) is 0 Å². The minimum Gasteiger partial charge on any atom is -0.494 e. The van der Waals surface area contributed by atoms with E-state index in [1.165, 1.54) is 12.0 Å². The second-order valence-corrected chi connectivity index (χ2v) is 8.44. The van der Waals surface area contributed by atoms with Crippen molar-refractivity contribution in [2.75, 3.05) is 6.54 Å². The Morgan fingerprint density at radius 1 is 1.25 bits per heavy atom. The Labute approximate surface area is 176 Å². The number of likely N-dealkylation sites (tertiary alicyclic amines) is 1. The first kappa shape index (κ1) is 19.2. The van der Waals surface area contributed by atoms with E-state index < -0.39 is 0 Å². The van der Waals surface area contributed by atoms with Crippen molar-refractivity contribution in [3.63, 3.8) is 0 Å². The fraction of sp³-hybridized carbons (Fsp3) is 0.238. The number of aromatic amines is 1. The van der Waals surface area contributed by atoms with Gasteiger partial charge in [-0.3, -0.25) is 19.7 Å². The molecule has 0 saturated carbocycles. The summed E-state index contributed by atoms with van der Waals surface area (Å²) in [6.07, 6.45) is 3.92. The molecule has 1 aliphatic heterocycles. The molecule has 2 N–H and O–H groups in total. The topological polar surface area (TPSA) is 68.7 Å². The summed E-state index contributed by atoms with van der Waals surface area (Å²) in [5, 5.41) is 11.7. The number of H-pyrrole nitrogens is 1. The highest BCUT2D eigenvalue weighted by Crippen LogP contribution is 2.26. The van der Waals surface area contributed by atoms with E-state index in [-0.39, 0.29) is 11.4 Å². The van der Waals surface area contributed by atoms with Gasteiger partial charge in [-0.2, -0.15) is 12.6 Å². The van der Waals surface area contributed by atoms with Crippen LogP contribution in [0.1, 0.15) is 24.0 Å². The van der Waals surface area contributed by atoms with E-state index in [1.807, 2.05) is 12.1 Å². The monoisotopic (exact) mass is 457 g/mol. The summed E-state index contributed by atoms with van der Waals surface area (Å²) in [4.78, 5) is 21.4. The van der Waals surface area contributed by atoms with Crippen LogP contribution in [0.4, 0.5) is 5.69 Å². The fourth-order valence-corrected chi connectivity index (χ4v) is 4.23. The zero-order chi connectivity index (χ0) is 19.7. The zero-order valence-electron chi connectivity index (χ0n) is 15.1. The SMILES string of the molecule is O=c1[nH]c(O)c(C=Nc2ccc(CN3CCCC3S)cc2)c2cc(Br)ccc12. The molecular formula is C21H20BrN3O2S. The third-order valence-corrected chi connectivity index (χ3v) is 6.08. The van der Waals surface area contributed by atoms with Gasteiger partial charge in [0, 0.05) is 28.0 Å². The molecular weight excluding hydrogens is 438 g/mol. The van der Waals surface area contributed by atoms with Crippen LogP contribution in [0, 0.1) is 0 Å². The molecule has 0 bridgehead atoms. The van der Waals surface area contributed by atoms with Crippen molar-refractivity contribution < 1.29 is 5.11 Å². The molecule has 0 spiro atoms. The first-order valence-electron chi connectivity index (χ1n) is 9.11. The largest absolute Gasteiger partial charge is 0.494 e. The van der Waals surface area contributed by atoms with Crippen molar-refractivity contribution in [1.82, 2.24) is 9.88 Å². The maximum Gasteiger partial charge on any atom is 0.258 e. The Morgan fingerprint density at radius 3 is 2.75 bits per heavy atom. The van der Waals surface area contributed by atoms with Crippen LogP contribution in [0.2, 0.25) is 0 Å². The van der Waals surface area contributed by atoms with Gasteiger partial charge in [-0.1, -0.05) is 28.1 Å². The Hall–Kier alpha value is -2.09. The van der Waals surface area contributed by atoms with Crippen molar-refractivity contribution in [3.8, 4) is 5.88 Å². The van der Waals surface area contributed by atoms with Gasteiger partial charge in [0.2, 0.25) is 5.88 Å². The number of halogens is 1. The maximum absolute atomic E-state index is 12.1. The molecule has 1 unspecified atom stereocenters. The third-order valence-electron chi connectivity index (χ3n) is 5.00. The molecule has 2 aromatic carbocycles. The summed E-state index contributed by atoms with van der Waals surface area (Å²) < 4.78 is 0.827. The van der Waals surface area contributed by atoms with Crippen molar-refractivity contribution in [2.24, 2.45) is 4.99 Å². The number of thiol groups is 1. The number of pyridine rings is 1. The number of aromatic nitrogens is 1. The van der Waals surface area contributed by atoms with Crippen LogP contribution in [0.15, 0.2) is 56.7 Å². The highest BCUT2D eigenvalue weighted by Gasteiger charge is 2.20. The van der Waals surface area contributed by atoms with E-state index in [1.54, 1.807) is 24.4 Å². The summed E-state index contributed by atoms with van der Waals surface area (Å²) in [6, 6.07) is 13.4. The molecule has 1 aliphatic rings. The second-order valence-electron chi connectivity index (χ2n) is 6.92. The minimum atomic E-state index is -0.328. The number of aromatic hydroxyl groups is 1. The van der Waals surface area contributed by atoms with E-state index in [0.717, 1.165) is 29.7 Å². The Balaban J connectivity index is 1.59. The van der Waals surface area contributed by atoms with Crippen LogP contribution in [0.25, 0.3) is 10.8 Å². The first-order valence-corrected chi connectivity index (χ1v) is 10.4. The summed E-state index contributed by atoms with van der Waals surface area (Å²) in [6.45, 7) is 1.97. The van der Waals surface area contributed by atoms with E-state index in [2.05, 4.69) is 55.6 Å². The predicted octanol–water partition coefficient (Wildman–Crippen LogP) is 4.60. The summed E-state index contributed by atoms with van der Waals surface area (Å²) in [7, 11) is 0. The highest BCUT2D eigenvalue weighted by atomic mass is 79.9. The van der Waals surface area contributed by atoms with Crippen LogP contribution in [-0.2, 0) is 6.54 Å². The molecule has 0 amide bonds. The van der Waals surface area contributed by atoms with Gasteiger partial charge >= 0.3 is 0 Å². The van der Waals surface area contributed by atoms with Gasteiger partial charge in [-0.25, -0.2) is 0 Å². The molecule has 3 aromatic rings. The lowest BCUT2D eigenvalue weighted by Crippen LogP contribution is -2.24. The molecule has 2 heterocycles. The standard InChI is InChI=1S/C21H20BrN3O2S/c22-14-5-8-16-17(10-14)18(21(27)24-20(16)26)11-23-15-6-3-13(4-7-15)12-25-9-1-2-19(25)28/h3-8,10-11,19,28H,1-2,9,12H2,(H2,24,26,27). The number of nitrogens with one attached hydrogen (secondary N) is 1. The van der Waals surface area contributed by atoms with E-state index in [0.29, 0.717) is 21.7 Å². The second kappa shape index (κ2) is 8.11. The van der Waals surface area contributed by atoms with E-state index in [4.69, 9.17) is 0 Å². The lowest BCUT2D eigenvalue weighted by atomic mass is 10.1. The molecule has 0 radical (unpaired) electrons. The molecule has 4 rings (SSSR count). The summed E-state index contributed by atoms with van der Waals surface area (Å²) in [5.41, 5.74) is 2.16. The van der Waals surface area contributed by atoms with Crippen molar-refractivity contribution in [3.05, 3.63) is 68.4 Å². The zero-order valence-corrected chi connectivity index (χ0v) is 17.6. The molecule has 1 saturated heterocycles. The van der Waals surface area contributed by atoms with Crippen LogP contribution in [0.5, 0.6) is 5.88 Å². The number of aliphatic imine (C=N–C) groups is 1. The Kier molecular flexibility index (Phi) is 5.57. The number of rotatable bonds is 4. The molecule has 5 nitrogen and oxygen atoms in total. The highest BCUT2D eigenvalue weighted by molar-refractivity contribution is 9.10. The number of hydrogen-bond acceptors (Lipinski definition) is 5. The summed E-state index contributed by atoms with van der Waals surface area (Å²) in [5.74, 6) is -0.190. The summed E-state index contributed by atoms with van der Waals surface area (Å²) >= 11 is 8.03. The maximum atomic E-state index is 12.1. The van der Waals surface area contributed by atoms with Crippen LogP contribution in [-0.4, -0.2) is 33.1 Å². The number of fused-ring (bicyclic) bond motifs is 1. The number of nitrogens with zero attached hydrogens (tertiary/aromatic N) is 2. The normalized spacial score (nSPS) is 17.7. The first-order chi connectivity index (χ1) is 13.5. The minimum absolute atomic E-state index is 0.190. The van der Waals surface area contributed by atoms with Gasteiger partial charge in [0.1, 0.15) is 0 Å². The average molecular weight is 458 g/mol. The molecule has 1 fully saturated rings.